The predicted molar refractivity (Wildman–Crippen MR) is 93.7 cm³/mol. The number of fused-ring (bicyclic) bond motifs is 5. The molecule has 3 nitrogen and oxygen atoms in total. The van der Waals surface area contributed by atoms with Crippen LogP contribution in [0.2, 0.25) is 0 Å². The van der Waals surface area contributed by atoms with Gasteiger partial charge in [-0.3, -0.25) is 4.79 Å². The molecule has 0 bridgehead atoms. The van der Waals surface area contributed by atoms with Crippen molar-refractivity contribution >= 4 is 5.78 Å². The van der Waals surface area contributed by atoms with Gasteiger partial charge in [-0.15, -0.1) is 0 Å². The Hall–Kier alpha value is -1.16. The highest BCUT2D eigenvalue weighted by atomic mass is 19.1. The lowest BCUT2D eigenvalue weighted by molar-refractivity contribution is -0.146. The second kappa shape index (κ2) is 5.18. The molecule has 4 rings (SSSR count). The lowest BCUT2D eigenvalue weighted by Crippen LogP contribution is -2.58. The third-order valence-corrected chi connectivity index (χ3v) is 8.53. The Morgan fingerprint density at radius 2 is 2.00 bits per heavy atom. The average molecular weight is 348 g/mol. The maximum Gasteiger partial charge on any atom is 0.184 e. The minimum absolute atomic E-state index is 0.131. The first-order valence-electron chi connectivity index (χ1n) is 9.59. The summed E-state index contributed by atoms with van der Waals surface area (Å²) >= 11 is 0. The van der Waals surface area contributed by atoms with Crippen LogP contribution in [0, 0.1) is 28.6 Å². The third-order valence-electron chi connectivity index (χ3n) is 8.53. The van der Waals surface area contributed by atoms with Crippen molar-refractivity contribution in [3.05, 3.63) is 23.5 Å². The van der Waals surface area contributed by atoms with E-state index in [1.165, 1.54) is 0 Å². The minimum atomic E-state index is -0.988. The van der Waals surface area contributed by atoms with Gasteiger partial charge < -0.3 is 10.2 Å². The van der Waals surface area contributed by atoms with Crippen LogP contribution in [0.15, 0.2) is 23.5 Å². The standard InChI is InChI=1S/C21H29FO3/c1-19-9-12(11-23)17(24)8-13(19)4-5-14-15-6-7-21(3,25)20(15,2)10-16(22)18(14)19/h8,11,14-16,18,23,25H,4-7,9-10H2,1-3H3/b12-11-/t14-,15-,16+,18+,19-,20-,21-/m0/s1. The first kappa shape index (κ1) is 17.3. The van der Waals surface area contributed by atoms with Crippen LogP contribution in [0.1, 0.15) is 59.3 Å². The van der Waals surface area contributed by atoms with Gasteiger partial charge in [0, 0.05) is 16.9 Å². The molecule has 3 saturated carbocycles. The van der Waals surface area contributed by atoms with Gasteiger partial charge in [-0.1, -0.05) is 19.4 Å². The van der Waals surface area contributed by atoms with Crippen molar-refractivity contribution in [2.45, 2.75) is 71.1 Å². The highest BCUT2D eigenvalue weighted by Crippen LogP contribution is 2.68. The van der Waals surface area contributed by atoms with Crippen molar-refractivity contribution in [2.24, 2.45) is 28.6 Å². The summed E-state index contributed by atoms with van der Waals surface area (Å²) in [6, 6.07) is 0. The van der Waals surface area contributed by atoms with E-state index in [2.05, 4.69) is 13.8 Å². The summed E-state index contributed by atoms with van der Waals surface area (Å²) in [6.45, 7) is 6.03. The van der Waals surface area contributed by atoms with Gasteiger partial charge in [-0.2, -0.15) is 0 Å². The summed E-state index contributed by atoms with van der Waals surface area (Å²) in [6.07, 6.45) is 5.79. The monoisotopic (exact) mass is 348 g/mol. The van der Waals surface area contributed by atoms with E-state index in [0.29, 0.717) is 24.3 Å². The molecule has 7 atom stereocenters. The van der Waals surface area contributed by atoms with E-state index in [9.17, 15) is 15.0 Å². The molecule has 0 amide bonds. The molecule has 3 fully saturated rings. The summed E-state index contributed by atoms with van der Waals surface area (Å²) < 4.78 is 15.6. The Bertz CT molecular complexity index is 679. The molecular formula is C21H29FO3. The van der Waals surface area contributed by atoms with Gasteiger partial charge >= 0.3 is 0 Å². The second-order valence-electron chi connectivity index (χ2n) is 9.57. The number of carbonyl (C=O) groups is 1. The van der Waals surface area contributed by atoms with Crippen molar-refractivity contribution in [1.82, 2.24) is 0 Å². The number of aliphatic hydroxyl groups is 2. The van der Waals surface area contributed by atoms with Crippen LogP contribution in [0.4, 0.5) is 4.39 Å². The number of carbonyl (C=O) groups excluding carboxylic acids is 1. The molecule has 4 heteroatoms. The zero-order valence-corrected chi connectivity index (χ0v) is 15.4. The molecule has 2 N–H and O–H groups in total. The molecule has 4 aliphatic rings. The van der Waals surface area contributed by atoms with E-state index in [0.717, 1.165) is 37.5 Å². The van der Waals surface area contributed by atoms with Gasteiger partial charge in [-0.05, 0) is 68.8 Å². The van der Waals surface area contributed by atoms with Gasteiger partial charge in [-0.25, -0.2) is 4.39 Å². The number of aliphatic hydroxyl groups excluding tert-OH is 1. The molecule has 0 aromatic carbocycles. The summed E-state index contributed by atoms with van der Waals surface area (Å²) in [5.74, 6) is 0.297. The molecule has 0 aliphatic heterocycles. The van der Waals surface area contributed by atoms with Crippen molar-refractivity contribution in [3.63, 3.8) is 0 Å². The van der Waals surface area contributed by atoms with E-state index in [1.807, 2.05) is 6.92 Å². The molecule has 0 aromatic heterocycles. The molecule has 0 unspecified atom stereocenters. The summed E-state index contributed by atoms with van der Waals surface area (Å²) in [5, 5.41) is 20.4. The maximum atomic E-state index is 15.6. The zero-order chi connectivity index (χ0) is 18.2. The predicted octanol–water partition coefficient (Wildman–Crippen LogP) is 4.27. The van der Waals surface area contributed by atoms with Gasteiger partial charge in [0.15, 0.2) is 5.78 Å². The van der Waals surface area contributed by atoms with Crippen LogP contribution in [-0.4, -0.2) is 27.8 Å². The number of alkyl halides is 1. The molecule has 0 radical (unpaired) electrons. The van der Waals surface area contributed by atoms with Crippen molar-refractivity contribution in [1.29, 1.82) is 0 Å². The van der Waals surface area contributed by atoms with Crippen molar-refractivity contribution in [2.75, 3.05) is 0 Å². The third kappa shape index (κ3) is 2.09. The van der Waals surface area contributed by atoms with E-state index in [4.69, 9.17) is 0 Å². The van der Waals surface area contributed by atoms with Crippen LogP contribution in [0.5, 0.6) is 0 Å². The fourth-order valence-corrected chi connectivity index (χ4v) is 6.93. The second-order valence-corrected chi connectivity index (χ2v) is 9.57. The lowest BCUT2D eigenvalue weighted by Gasteiger charge is -2.59. The maximum absolute atomic E-state index is 15.6. The molecular weight excluding hydrogens is 319 g/mol. The van der Waals surface area contributed by atoms with Crippen molar-refractivity contribution in [3.8, 4) is 0 Å². The highest BCUT2D eigenvalue weighted by Gasteiger charge is 2.65. The summed E-state index contributed by atoms with van der Waals surface area (Å²) in [7, 11) is 0. The number of hydrogen-bond donors (Lipinski definition) is 2. The first-order chi connectivity index (χ1) is 11.6. The fraction of sp³-hybridized carbons (Fsp3) is 0.762. The molecule has 0 aromatic rings. The molecule has 0 heterocycles. The minimum Gasteiger partial charge on any atom is -0.515 e. The van der Waals surface area contributed by atoms with Crippen LogP contribution in [0.3, 0.4) is 0 Å². The summed E-state index contributed by atoms with van der Waals surface area (Å²) in [5.41, 5.74) is -0.125. The first-order valence-corrected chi connectivity index (χ1v) is 9.59. The molecule has 0 saturated heterocycles. The Kier molecular flexibility index (Phi) is 3.58. The smallest absolute Gasteiger partial charge is 0.184 e. The van der Waals surface area contributed by atoms with Gasteiger partial charge in [0.1, 0.15) is 6.17 Å². The number of rotatable bonds is 0. The fourth-order valence-electron chi connectivity index (χ4n) is 6.93. The zero-order valence-electron chi connectivity index (χ0n) is 15.4. The Morgan fingerprint density at radius 1 is 1.28 bits per heavy atom. The molecule has 138 valence electrons. The normalized spacial score (nSPS) is 53.9. The molecule has 4 aliphatic carbocycles. The number of ketones is 1. The SMILES string of the molecule is C[C@]12C/C(=C/O)C(=O)C=C1CC[C@@H]1[C@@H]2[C@H](F)C[C@@]2(C)[C@H]1CC[C@]2(C)O. The average Bonchev–Trinajstić information content (AvgIpc) is 2.76. The van der Waals surface area contributed by atoms with Crippen LogP contribution in [0.25, 0.3) is 0 Å². The highest BCUT2D eigenvalue weighted by molar-refractivity contribution is 6.05. The van der Waals surface area contributed by atoms with E-state index in [-0.39, 0.29) is 23.0 Å². The molecule has 0 spiro atoms. The van der Waals surface area contributed by atoms with Crippen LogP contribution >= 0.6 is 0 Å². The van der Waals surface area contributed by atoms with Gasteiger partial charge in [0.05, 0.1) is 11.9 Å². The Labute approximate surface area is 149 Å². The van der Waals surface area contributed by atoms with E-state index >= 15 is 4.39 Å². The van der Waals surface area contributed by atoms with Gasteiger partial charge in [0.25, 0.3) is 0 Å². The van der Waals surface area contributed by atoms with Gasteiger partial charge in [0.2, 0.25) is 0 Å². The van der Waals surface area contributed by atoms with Crippen LogP contribution in [-0.2, 0) is 4.79 Å². The van der Waals surface area contributed by atoms with Crippen LogP contribution < -0.4 is 0 Å². The number of hydrogen-bond acceptors (Lipinski definition) is 3. The number of halogens is 1. The van der Waals surface area contributed by atoms with Crippen molar-refractivity contribution < 1.29 is 19.4 Å². The lowest BCUT2D eigenvalue weighted by atomic mass is 9.45. The topological polar surface area (TPSA) is 57.5 Å². The van der Waals surface area contributed by atoms with E-state index in [1.54, 1.807) is 6.08 Å². The number of allylic oxidation sites excluding steroid dienone is 2. The summed E-state index contributed by atoms with van der Waals surface area (Å²) in [4.78, 5) is 12.2. The Morgan fingerprint density at radius 3 is 2.68 bits per heavy atom. The molecule has 25 heavy (non-hydrogen) atoms. The Balaban J connectivity index is 1.77. The largest absolute Gasteiger partial charge is 0.515 e. The quantitative estimate of drug-likeness (QED) is 0.508. The van der Waals surface area contributed by atoms with E-state index < -0.39 is 17.2 Å².